The molecule has 112 valence electrons. The van der Waals surface area contributed by atoms with Crippen LogP contribution < -0.4 is 5.73 Å². The highest BCUT2D eigenvalue weighted by Crippen LogP contribution is 2.31. The van der Waals surface area contributed by atoms with E-state index in [1.54, 1.807) is 11.3 Å². The Morgan fingerprint density at radius 1 is 1.05 bits per heavy atom. The van der Waals surface area contributed by atoms with Gasteiger partial charge in [-0.1, -0.05) is 62.4 Å². The van der Waals surface area contributed by atoms with E-state index in [-0.39, 0.29) is 0 Å². The molecule has 0 spiro atoms. The van der Waals surface area contributed by atoms with Crippen molar-refractivity contribution < 1.29 is 0 Å². The fraction of sp³-hybridized carbons (Fsp3) is 0.211. The second kappa shape index (κ2) is 6.42. The lowest BCUT2D eigenvalue weighted by Crippen LogP contribution is -1.98. The van der Waals surface area contributed by atoms with E-state index in [1.165, 1.54) is 5.56 Å². The third-order valence-electron chi connectivity index (χ3n) is 3.84. The summed E-state index contributed by atoms with van der Waals surface area (Å²) in [6, 6.07) is 16.9. The van der Waals surface area contributed by atoms with Gasteiger partial charge in [-0.15, -0.1) is 11.3 Å². The highest BCUT2D eigenvalue weighted by atomic mass is 32.1. The Labute approximate surface area is 135 Å². The van der Waals surface area contributed by atoms with Crippen LogP contribution in [-0.4, -0.2) is 4.98 Å². The van der Waals surface area contributed by atoms with Crippen molar-refractivity contribution in [1.82, 2.24) is 4.98 Å². The molecule has 0 aliphatic carbocycles. The lowest BCUT2D eigenvalue weighted by molar-refractivity contribution is 0.867. The maximum atomic E-state index is 5.83. The maximum absolute atomic E-state index is 5.83. The molecular weight excluding hydrogens is 288 g/mol. The van der Waals surface area contributed by atoms with Gasteiger partial charge in [0.05, 0.1) is 5.69 Å². The molecule has 0 aliphatic rings. The van der Waals surface area contributed by atoms with Crippen LogP contribution in [0.25, 0.3) is 21.8 Å². The molecule has 2 nitrogen and oxygen atoms in total. The number of nitrogens with two attached hydrogens (primary N) is 1. The van der Waals surface area contributed by atoms with Gasteiger partial charge >= 0.3 is 0 Å². The van der Waals surface area contributed by atoms with Crippen LogP contribution in [0.4, 0.5) is 0 Å². The Balaban J connectivity index is 1.93. The van der Waals surface area contributed by atoms with Crippen molar-refractivity contribution in [2.24, 2.45) is 5.73 Å². The van der Waals surface area contributed by atoms with Crippen LogP contribution in [0.15, 0.2) is 53.9 Å². The molecule has 3 rings (SSSR count). The first kappa shape index (κ1) is 14.9. The van der Waals surface area contributed by atoms with Gasteiger partial charge in [-0.25, -0.2) is 4.98 Å². The zero-order chi connectivity index (χ0) is 15.5. The first-order valence-electron chi connectivity index (χ1n) is 7.53. The molecule has 0 radical (unpaired) electrons. The van der Waals surface area contributed by atoms with Crippen LogP contribution in [0.3, 0.4) is 0 Å². The van der Waals surface area contributed by atoms with Crippen LogP contribution in [0.1, 0.15) is 30.9 Å². The first-order chi connectivity index (χ1) is 10.7. The highest BCUT2D eigenvalue weighted by molar-refractivity contribution is 7.13. The van der Waals surface area contributed by atoms with E-state index in [9.17, 15) is 0 Å². The summed E-state index contributed by atoms with van der Waals surface area (Å²) < 4.78 is 0. The van der Waals surface area contributed by atoms with E-state index >= 15 is 0 Å². The molecular formula is C19H20N2S. The van der Waals surface area contributed by atoms with E-state index in [4.69, 9.17) is 10.7 Å². The van der Waals surface area contributed by atoms with Crippen molar-refractivity contribution in [2.45, 2.75) is 26.3 Å². The van der Waals surface area contributed by atoms with E-state index in [2.05, 4.69) is 55.6 Å². The molecule has 1 heterocycles. The summed E-state index contributed by atoms with van der Waals surface area (Å²) in [5, 5.41) is 3.15. The fourth-order valence-electron chi connectivity index (χ4n) is 2.48. The van der Waals surface area contributed by atoms with Gasteiger partial charge in [-0.3, -0.25) is 0 Å². The van der Waals surface area contributed by atoms with Gasteiger partial charge < -0.3 is 5.73 Å². The monoisotopic (exact) mass is 308 g/mol. The van der Waals surface area contributed by atoms with Gasteiger partial charge in [0.1, 0.15) is 5.01 Å². The standard InChI is InChI=1S/C19H20N2S/c1-13(2)14-7-9-15(10-8-14)18-12-22-19(21-18)17-6-4-3-5-16(17)11-20/h3-10,12-13H,11,20H2,1-2H3. The number of hydrogen-bond donors (Lipinski definition) is 1. The van der Waals surface area contributed by atoms with Crippen LogP contribution in [0.2, 0.25) is 0 Å². The average molecular weight is 308 g/mol. The minimum Gasteiger partial charge on any atom is -0.326 e. The summed E-state index contributed by atoms with van der Waals surface area (Å²) in [5.41, 5.74) is 11.7. The second-order valence-electron chi connectivity index (χ2n) is 5.68. The molecule has 0 unspecified atom stereocenters. The van der Waals surface area contributed by atoms with Crippen LogP contribution in [0.5, 0.6) is 0 Å². The number of rotatable bonds is 4. The molecule has 22 heavy (non-hydrogen) atoms. The van der Waals surface area contributed by atoms with Crippen molar-refractivity contribution in [3.05, 3.63) is 65.0 Å². The van der Waals surface area contributed by atoms with Crippen LogP contribution in [-0.2, 0) is 6.54 Å². The Kier molecular flexibility index (Phi) is 4.36. The molecule has 0 saturated carbocycles. The van der Waals surface area contributed by atoms with E-state index in [1.807, 2.05) is 12.1 Å². The molecule has 0 aliphatic heterocycles. The zero-order valence-corrected chi connectivity index (χ0v) is 13.7. The summed E-state index contributed by atoms with van der Waals surface area (Å²) >= 11 is 1.67. The third kappa shape index (κ3) is 2.96. The Bertz CT molecular complexity index is 757. The Hall–Kier alpha value is -1.97. The van der Waals surface area contributed by atoms with Crippen LogP contribution >= 0.6 is 11.3 Å². The van der Waals surface area contributed by atoms with Gasteiger partial charge in [0.2, 0.25) is 0 Å². The summed E-state index contributed by atoms with van der Waals surface area (Å²) in [6.45, 7) is 4.95. The molecule has 2 N–H and O–H groups in total. The molecule has 3 aromatic rings. The molecule has 1 aromatic heterocycles. The molecule has 0 fully saturated rings. The zero-order valence-electron chi connectivity index (χ0n) is 12.9. The van der Waals surface area contributed by atoms with Gasteiger partial charge in [0, 0.05) is 23.1 Å². The van der Waals surface area contributed by atoms with Gasteiger partial charge in [-0.2, -0.15) is 0 Å². The lowest BCUT2D eigenvalue weighted by Gasteiger charge is -2.06. The number of benzene rings is 2. The topological polar surface area (TPSA) is 38.9 Å². The summed E-state index contributed by atoms with van der Waals surface area (Å²) in [4.78, 5) is 4.80. The van der Waals surface area contributed by atoms with Crippen molar-refractivity contribution in [3.63, 3.8) is 0 Å². The van der Waals surface area contributed by atoms with Crippen molar-refractivity contribution >= 4 is 11.3 Å². The number of thiazole rings is 1. The van der Waals surface area contributed by atoms with Gasteiger partial charge in [0.25, 0.3) is 0 Å². The highest BCUT2D eigenvalue weighted by Gasteiger charge is 2.10. The fourth-order valence-corrected chi connectivity index (χ4v) is 3.36. The molecule has 0 amide bonds. The quantitative estimate of drug-likeness (QED) is 0.731. The predicted octanol–water partition coefficient (Wildman–Crippen LogP) is 5.06. The number of nitrogens with zero attached hydrogens (tertiary/aromatic N) is 1. The molecule has 0 atom stereocenters. The largest absolute Gasteiger partial charge is 0.326 e. The van der Waals surface area contributed by atoms with Crippen molar-refractivity contribution in [3.8, 4) is 21.8 Å². The average Bonchev–Trinajstić information content (AvgIpc) is 3.04. The SMILES string of the molecule is CC(C)c1ccc(-c2csc(-c3ccccc3CN)n2)cc1. The number of hydrogen-bond acceptors (Lipinski definition) is 3. The lowest BCUT2D eigenvalue weighted by atomic mass is 10.0. The van der Waals surface area contributed by atoms with Crippen molar-refractivity contribution in [1.29, 1.82) is 0 Å². The van der Waals surface area contributed by atoms with Gasteiger partial charge in [-0.05, 0) is 17.0 Å². The predicted molar refractivity (Wildman–Crippen MR) is 95.0 cm³/mol. The normalized spacial score (nSPS) is 11.1. The summed E-state index contributed by atoms with van der Waals surface area (Å²) in [6.07, 6.45) is 0. The smallest absolute Gasteiger partial charge is 0.124 e. The third-order valence-corrected chi connectivity index (χ3v) is 4.72. The number of aromatic nitrogens is 1. The van der Waals surface area contributed by atoms with Crippen molar-refractivity contribution in [2.75, 3.05) is 0 Å². The van der Waals surface area contributed by atoms with E-state index < -0.39 is 0 Å². The molecule has 0 bridgehead atoms. The van der Waals surface area contributed by atoms with Gasteiger partial charge in [0.15, 0.2) is 0 Å². The minimum absolute atomic E-state index is 0.536. The molecule has 3 heteroatoms. The van der Waals surface area contributed by atoms with E-state index in [0.717, 1.165) is 27.4 Å². The second-order valence-corrected chi connectivity index (χ2v) is 6.53. The Morgan fingerprint density at radius 2 is 1.77 bits per heavy atom. The minimum atomic E-state index is 0.536. The summed E-state index contributed by atoms with van der Waals surface area (Å²) in [7, 11) is 0. The Morgan fingerprint density at radius 3 is 2.45 bits per heavy atom. The first-order valence-corrected chi connectivity index (χ1v) is 8.41. The maximum Gasteiger partial charge on any atom is 0.124 e. The molecule has 2 aromatic carbocycles. The molecule has 0 saturated heterocycles. The summed E-state index contributed by atoms with van der Waals surface area (Å²) in [5.74, 6) is 0.552. The van der Waals surface area contributed by atoms with E-state index in [0.29, 0.717) is 12.5 Å². The van der Waals surface area contributed by atoms with Crippen LogP contribution in [0, 0.1) is 0 Å².